The molecule has 8 heteroatoms. The first kappa shape index (κ1) is 24.7. The van der Waals surface area contributed by atoms with E-state index < -0.39 is 16.0 Å². The molecule has 0 aromatic heterocycles. The largest absolute Gasteiger partial charge is 0.478 e. The number of carboxylic acid groups (broad SMARTS) is 1. The molecule has 4 N–H and O–H groups in total. The fraction of sp³-hybridized carbons (Fsp3) is 0.435. The van der Waals surface area contributed by atoms with Crippen LogP contribution in [0, 0.1) is 0 Å². The van der Waals surface area contributed by atoms with Gasteiger partial charge in [-0.05, 0) is 43.0 Å². The van der Waals surface area contributed by atoms with Crippen molar-refractivity contribution >= 4 is 21.7 Å². The van der Waals surface area contributed by atoms with Crippen molar-refractivity contribution in [1.82, 2.24) is 0 Å². The van der Waals surface area contributed by atoms with E-state index in [9.17, 15) is 18.3 Å². The van der Waals surface area contributed by atoms with Crippen molar-refractivity contribution in [2.45, 2.75) is 63.7 Å². The molecule has 2 rings (SSSR count). The highest BCUT2D eigenvalue weighted by Crippen LogP contribution is 2.41. The lowest BCUT2D eigenvalue weighted by Gasteiger charge is -2.21. The SMILES string of the molecule is CCCCCNc1c(CCCCC)c(C(=O)O)cc(S(N)(=O)=O)c1Oc1ccccc1. The fourth-order valence-corrected chi connectivity index (χ4v) is 4.06. The predicted octanol–water partition coefficient (Wildman–Crippen LogP) is 5.16. The minimum absolute atomic E-state index is 0.0432. The first-order valence-electron chi connectivity index (χ1n) is 10.7. The molecule has 0 saturated heterocycles. The maximum atomic E-state index is 12.4. The van der Waals surface area contributed by atoms with Crippen molar-refractivity contribution in [3.8, 4) is 11.5 Å². The van der Waals surface area contributed by atoms with Gasteiger partial charge >= 0.3 is 5.97 Å². The summed E-state index contributed by atoms with van der Waals surface area (Å²) < 4.78 is 30.8. The van der Waals surface area contributed by atoms with Crippen LogP contribution in [-0.2, 0) is 16.4 Å². The Morgan fingerprint density at radius 1 is 1.06 bits per heavy atom. The third-order valence-corrected chi connectivity index (χ3v) is 5.88. The van der Waals surface area contributed by atoms with Gasteiger partial charge in [0, 0.05) is 6.54 Å². The highest BCUT2D eigenvalue weighted by atomic mass is 32.2. The summed E-state index contributed by atoms with van der Waals surface area (Å²) in [6.45, 7) is 4.72. The van der Waals surface area contributed by atoms with Crippen molar-refractivity contribution in [2.24, 2.45) is 5.14 Å². The Bertz CT molecular complexity index is 975. The number of nitrogens with one attached hydrogen (secondary N) is 1. The third kappa shape index (κ3) is 6.97. The van der Waals surface area contributed by atoms with Crippen LogP contribution in [0.1, 0.15) is 68.3 Å². The number of rotatable bonds is 13. The minimum atomic E-state index is -4.24. The molecular weight excluding hydrogens is 416 g/mol. The van der Waals surface area contributed by atoms with Crippen LogP contribution in [-0.4, -0.2) is 26.0 Å². The molecular formula is C23H32N2O5S. The fourth-order valence-electron chi connectivity index (χ4n) is 3.38. The van der Waals surface area contributed by atoms with Gasteiger partial charge in [0.15, 0.2) is 5.75 Å². The monoisotopic (exact) mass is 448 g/mol. The highest BCUT2D eigenvalue weighted by molar-refractivity contribution is 7.89. The van der Waals surface area contributed by atoms with Crippen LogP contribution in [0.25, 0.3) is 0 Å². The Morgan fingerprint density at radius 2 is 1.71 bits per heavy atom. The van der Waals surface area contributed by atoms with Gasteiger partial charge in [-0.25, -0.2) is 18.4 Å². The molecule has 0 atom stereocenters. The average Bonchev–Trinajstić information content (AvgIpc) is 2.72. The number of benzene rings is 2. The van der Waals surface area contributed by atoms with Crippen LogP contribution in [0.5, 0.6) is 11.5 Å². The number of primary sulfonamides is 1. The molecule has 2 aromatic carbocycles. The van der Waals surface area contributed by atoms with Crippen LogP contribution in [0.2, 0.25) is 0 Å². The number of nitrogens with two attached hydrogens (primary N) is 1. The van der Waals surface area contributed by atoms with Crippen molar-refractivity contribution < 1.29 is 23.1 Å². The molecule has 0 aliphatic heterocycles. The summed E-state index contributed by atoms with van der Waals surface area (Å²) in [4.78, 5) is 11.7. The molecule has 31 heavy (non-hydrogen) atoms. The van der Waals surface area contributed by atoms with Crippen LogP contribution in [0.3, 0.4) is 0 Å². The zero-order valence-electron chi connectivity index (χ0n) is 18.2. The van der Waals surface area contributed by atoms with E-state index in [1.165, 1.54) is 0 Å². The number of anilines is 1. The Hall–Kier alpha value is -2.58. The smallest absolute Gasteiger partial charge is 0.336 e. The molecule has 0 fully saturated rings. The summed E-state index contributed by atoms with van der Waals surface area (Å²) in [5.74, 6) is -0.715. The van der Waals surface area contributed by atoms with Gasteiger partial charge in [-0.2, -0.15) is 0 Å². The van der Waals surface area contributed by atoms with E-state index in [1.807, 2.05) is 6.07 Å². The summed E-state index contributed by atoms with van der Waals surface area (Å²) in [6, 6.07) is 9.89. The van der Waals surface area contributed by atoms with E-state index in [-0.39, 0.29) is 16.2 Å². The van der Waals surface area contributed by atoms with Crippen LogP contribution in [0.4, 0.5) is 5.69 Å². The van der Waals surface area contributed by atoms with Gasteiger partial charge < -0.3 is 15.2 Å². The molecule has 2 aromatic rings. The molecule has 0 radical (unpaired) electrons. The maximum Gasteiger partial charge on any atom is 0.336 e. The lowest BCUT2D eigenvalue weighted by molar-refractivity contribution is 0.0695. The number of carbonyl (C=O) groups is 1. The van der Waals surface area contributed by atoms with Gasteiger partial charge in [0.2, 0.25) is 10.0 Å². The first-order chi connectivity index (χ1) is 14.8. The predicted molar refractivity (Wildman–Crippen MR) is 123 cm³/mol. The number of sulfonamides is 1. The zero-order chi connectivity index (χ0) is 22.9. The van der Waals surface area contributed by atoms with Gasteiger partial charge in [0.05, 0.1) is 11.3 Å². The molecule has 170 valence electrons. The highest BCUT2D eigenvalue weighted by Gasteiger charge is 2.27. The molecule has 0 bridgehead atoms. The first-order valence-corrected chi connectivity index (χ1v) is 12.3. The molecule has 0 heterocycles. The zero-order valence-corrected chi connectivity index (χ0v) is 19.0. The van der Waals surface area contributed by atoms with Gasteiger partial charge in [0.1, 0.15) is 10.6 Å². The van der Waals surface area contributed by atoms with Gasteiger partial charge in [-0.3, -0.25) is 0 Å². The maximum absolute atomic E-state index is 12.4. The number of carboxylic acids is 1. The summed E-state index contributed by atoms with van der Waals surface area (Å²) in [6.07, 6.45) is 6.05. The number of unbranched alkanes of at least 4 members (excludes halogenated alkanes) is 4. The van der Waals surface area contributed by atoms with E-state index in [0.29, 0.717) is 30.0 Å². The number of hydrogen-bond donors (Lipinski definition) is 3. The molecule has 0 saturated carbocycles. The standard InChI is InChI=1S/C23H32N2O5S/c1-3-5-8-14-18-19(23(26)27)16-20(31(24,28)29)22(21(18)25-15-11-6-4-2)30-17-12-9-7-10-13-17/h7,9-10,12-13,16,25H,3-6,8,11,14-15H2,1-2H3,(H,26,27)(H2,24,28,29). The van der Waals surface area contributed by atoms with Crippen LogP contribution in [0.15, 0.2) is 41.3 Å². The molecule has 0 spiro atoms. The summed E-state index contributed by atoms with van der Waals surface area (Å²) in [5, 5.41) is 18.6. The quantitative estimate of drug-likeness (QED) is 0.364. The van der Waals surface area contributed by atoms with Gasteiger partial charge in [-0.1, -0.05) is 57.7 Å². The minimum Gasteiger partial charge on any atom is -0.478 e. The second-order valence-electron chi connectivity index (χ2n) is 7.46. The van der Waals surface area contributed by atoms with Crippen molar-refractivity contribution in [3.63, 3.8) is 0 Å². The van der Waals surface area contributed by atoms with E-state index in [1.54, 1.807) is 24.3 Å². The Labute approximate surface area is 184 Å². The van der Waals surface area contributed by atoms with Crippen molar-refractivity contribution in [2.75, 3.05) is 11.9 Å². The number of ether oxygens (including phenoxy) is 1. The number of para-hydroxylation sites is 1. The summed E-state index contributed by atoms with van der Waals surface area (Å²) in [7, 11) is -4.24. The topological polar surface area (TPSA) is 119 Å². The third-order valence-electron chi connectivity index (χ3n) is 4.97. The van der Waals surface area contributed by atoms with Crippen LogP contribution < -0.4 is 15.2 Å². The van der Waals surface area contributed by atoms with E-state index >= 15 is 0 Å². The number of aromatic carboxylic acids is 1. The van der Waals surface area contributed by atoms with Crippen molar-refractivity contribution in [3.05, 3.63) is 47.5 Å². The molecule has 7 nitrogen and oxygen atoms in total. The van der Waals surface area contributed by atoms with Crippen molar-refractivity contribution in [1.29, 1.82) is 0 Å². The average molecular weight is 449 g/mol. The molecule has 0 aliphatic rings. The lowest BCUT2D eigenvalue weighted by atomic mass is 9.98. The second-order valence-corrected chi connectivity index (χ2v) is 8.99. The van der Waals surface area contributed by atoms with Gasteiger partial charge in [0.25, 0.3) is 0 Å². The molecule has 0 unspecified atom stereocenters. The Morgan fingerprint density at radius 3 is 2.29 bits per heavy atom. The Kier molecular flexibility index (Phi) is 9.33. The normalized spacial score (nSPS) is 11.3. The molecule has 0 aliphatic carbocycles. The van der Waals surface area contributed by atoms with E-state index in [2.05, 4.69) is 19.2 Å². The Balaban J connectivity index is 2.70. The van der Waals surface area contributed by atoms with E-state index in [0.717, 1.165) is 44.6 Å². The molecule has 0 amide bonds. The van der Waals surface area contributed by atoms with E-state index in [4.69, 9.17) is 9.88 Å². The summed E-state index contributed by atoms with van der Waals surface area (Å²) >= 11 is 0. The number of hydrogen-bond acceptors (Lipinski definition) is 5. The summed E-state index contributed by atoms with van der Waals surface area (Å²) in [5.41, 5.74) is 0.856. The lowest BCUT2D eigenvalue weighted by Crippen LogP contribution is -2.18. The van der Waals surface area contributed by atoms with Crippen LogP contribution >= 0.6 is 0 Å². The second kappa shape index (κ2) is 11.7. The van der Waals surface area contributed by atoms with Gasteiger partial charge in [-0.15, -0.1) is 0 Å².